The average Bonchev–Trinajstić information content (AvgIpc) is 2.43. The molecule has 1 saturated heterocycles. The minimum absolute atomic E-state index is 0.0650. The van der Waals surface area contributed by atoms with Gasteiger partial charge in [0.15, 0.2) is 0 Å². The molecule has 0 spiro atoms. The van der Waals surface area contributed by atoms with Gasteiger partial charge in [-0.2, -0.15) is 0 Å². The van der Waals surface area contributed by atoms with E-state index < -0.39 is 0 Å². The average molecular weight is 377 g/mol. The van der Waals surface area contributed by atoms with Gasteiger partial charge in [0.1, 0.15) is 9.39 Å². The number of hydrogen-bond acceptors (Lipinski definition) is 5. The molecule has 0 amide bonds. The van der Waals surface area contributed by atoms with Gasteiger partial charge in [-0.1, -0.05) is 6.92 Å². The monoisotopic (exact) mass is 377 g/mol. The van der Waals surface area contributed by atoms with Crippen molar-refractivity contribution in [3.8, 4) is 0 Å². The van der Waals surface area contributed by atoms with Crippen LogP contribution >= 0.6 is 22.6 Å². The minimum Gasteiger partial charge on any atom is -0.353 e. The normalized spacial score (nSPS) is 18.6. The van der Waals surface area contributed by atoms with Gasteiger partial charge in [-0.3, -0.25) is 9.69 Å². The first-order valence-corrected chi connectivity index (χ1v) is 7.60. The number of aromatic nitrogens is 2. The van der Waals surface area contributed by atoms with Gasteiger partial charge < -0.3 is 15.6 Å². The lowest BCUT2D eigenvalue weighted by Gasteiger charge is -2.36. The summed E-state index contributed by atoms with van der Waals surface area (Å²) in [4.78, 5) is 23.1. The van der Waals surface area contributed by atoms with Gasteiger partial charge in [-0.25, -0.2) is 4.98 Å². The smallest absolute Gasteiger partial charge is 0.266 e. The summed E-state index contributed by atoms with van der Waals surface area (Å²) in [6.07, 6.45) is 1.47. The van der Waals surface area contributed by atoms with Crippen molar-refractivity contribution in [2.24, 2.45) is 11.7 Å². The molecule has 1 unspecified atom stereocenters. The number of H-pyrrole nitrogens is 1. The van der Waals surface area contributed by atoms with Gasteiger partial charge in [-0.15, -0.1) is 0 Å². The van der Waals surface area contributed by atoms with E-state index in [4.69, 9.17) is 5.73 Å². The van der Waals surface area contributed by atoms with E-state index in [1.807, 2.05) is 0 Å². The first kappa shape index (κ1) is 14.7. The van der Waals surface area contributed by atoms with E-state index in [0.29, 0.717) is 9.49 Å². The molecular formula is C12H20IN5O. The first-order chi connectivity index (χ1) is 9.11. The van der Waals surface area contributed by atoms with Crippen LogP contribution in [-0.4, -0.2) is 54.1 Å². The lowest BCUT2D eigenvalue weighted by Crippen LogP contribution is -2.49. The molecule has 3 N–H and O–H groups in total. The van der Waals surface area contributed by atoms with Crippen LogP contribution in [0.2, 0.25) is 0 Å². The fourth-order valence-electron chi connectivity index (χ4n) is 2.25. The Morgan fingerprint density at radius 1 is 1.47 bits per heavy atom. The molecular weight excluding hydrogens is 357 g/mol. The Morgan fingerprint density at radius 3 is 2.79 bits per heavy atom. The van der Waals surface area contributed by atoms with Crippen molar-refractivity contribution in [1.82, 2.24) is 14.9 Å². The fourth-order valence-corrected chi connectivity index (χ4v) is 2.89. The number of aromatic amines is 1. The van der Waals surface area contributed by atoms with E-state index in [1.165, 1.54) is 6.33 Å². The summed E-state index contributed by atoms with van der Waals surface area (Å²) >= 11 is 2.06. The molecule has 6 nitrogen and oxygen atoms in total. The standard InChI is InChI=1S/C12H20IN5O/c1-9(6-14)7-17-2-4-18(5-3-17)11-10(13)12(19)16-8-15-11/h8-9H,2-7,14H2,1H3,(H,15,16,19). The highest BCUT2D eigenvalue weighted by molar-refractivity contribution is 14.1. The molecule has 0 radical (unpaired) electrons. The molecule has 0 bridgehead atoms. The lowest BCUT2D eigenvalue weighted by molar-refractivity contribution is 0.226. The van der Waals surface area contributed by atoms with Crippen LogP contribution in [0.5, 0.6) is 0 Å². The maximum Gasteiger partial charge on any atom is 0.266 e. The van der Waals surface area contributed by atoms with E-state index in [0.717, 1.165) is 45.1 Å². The third-order valence-corrected chi connectivity index (χ3v) is 4.39. The third kappa shape index (κ3) is 3.67. The highest BCUT2D eigenvalue weighted by Crippen LogP contribution is 2.17. The summed E-state index contributed by atoms with van der Waals surface area (Å²) in [6.45, 7) is 7.75. The number of piperazine rings is 1. The summed E-state index contributed by atoms with van der Waals surface area (Å²) in [5.74, 6) is 1.33. The second kappa shape index (κ2) is 6.67. The van der Waals surface area contributed by atoms with Crippen molar-refractivity contribution in [3.05, 3.63) is 20.3 Å². The molecule has 1 fully saturated rings. The molecule has 0 aromatic carbocycles. The molecule has 7 heteroatoms. The zero-order chi connectivity index (χ0) is 13.8. The molecule has 1 aromatic heterocycles. The molecule has 0 aliphatic carbocycles. The van der Waals surface area contributed by atoms with Crippen molar-refractivity contribution in [2.45, 2.75) is 6.92 Å². The van der Waals surface area contributed by atoms with E-state index in [2.05, 4.69) is 49.3 Å². The number of nitrogens with two attached hydrogens (primary N) is 1. The maximum atomic E-state index is 11.6. The Bertz CT molecular complexity index is 469. The molecule has 19 heavy (non-hydrogen) atoms. The predicted molar refractivity (Wildman–Crippen MR) is 84.4 cm³/mol. The predicted octanol–water partition coefficient (Wildman–Crippen LogP) is 0.0913. The van der Waals surface area contributed by atoms with Gasteiger partial charge in [0.05, 0.1) is 6.33 Å². The van der Waals surface area contributed by atoms with Gasteiger partial charge in [-0.05, 0) is 35.1 Å². The Kier molecular flexibility index (Phi) is 5.17. The molecule has 1 aromatic rings. The third-order valence-electron chi connectivity index (χ3n) is 3.42. The maximum absolute atomic E-state index is 11.6. The van der Waals surface area contributed by atoms with E-state index in [1.54, 1.807) is 0 Å². The van der Waals surface area contributed by atoms with Crippen LogP contribution in [0.1, 0.15) is 6.92 Å². The van der Waals surface area contributed by atoms with Crippen LogP contribution in [0.3, 0.4) is 0 Å². The molecule has 1 atom stereocenters. The molecule has 0 saturated carbocycles. The van der Waals surface area contributed by atoms with Crippen molar-refractivity contribution in [3.63, 3.8) is 0 Å². The second-order valence-corrected chi connectivity index (χ2v) is 6.08. The number of halogens is 1. The van der Waals surface area contributed by atoms with Crippen LogP contribution in [0.15, 0.2) is 11.1 Å². The fraction of sp³-hybridized carbons (Fsp3) is 0.667. The first-order valence-electron chi connectivity index (χ1n) is 6.52. The number of nitrogens with zero attached hydrogens (tertiary/aromatic N) is 3. The highest BCUT2D eigenvalue weighted by Gasteiger charge is 2.21. The quantitative estimate of drug-likeness (QED) is 0.728. The SMILES string of the molecule is CC(CN)CN1CCN(c2nc[nH]c(=O)c2I)CC1. The summed E-state index contributed by atoms with van der Waals surface area (Å²) in [5.41, 5.74) is 5.59. The summed E-state index contributed by atoms with van der Waals surface area (Å²) in [5, 5.41) is 0. The van der Waals surface area contributed by atoms with Crippen LogP contribution < -0.4 is 16.2 Å². The van der Waals surface area contributed by atoms with Crippen LogP contribution in [0.4, 0.5) is 5.82 Å². The van der Waals surface area contributed by atoms with Gasteiger partial charge >= 0.3 is 0 Å². The van der Waals surface area contributed by atoms with E-state index in [9.17, 15) is 4.79 Å². The van der Waals surface area contributed by atoms with Gasteiger partial charge in [0.25, 0.3) is 5.56 Å². The van der Waals surface area contributed by atoms with Gasteiger partial charge in [0, 0.05) is 32.7 Å². The van der Waals surface area contributed by atoms with Crippen LogP contribution in [0.25, 0.3) is 0 Å². The summed E-state index contributed by atoms with van der Waals surface area (Å²) < 4.78 is 0.670. The van der Waals surface area contributed by atoms with Gasteiger partial charge in [0.2, 0.25) is 0 Å². The van der Waals surface area contributed by atoms with Crippen molar-refractivity contribution in [1.29, 1.82) is 0 Å². The van der Waals surface area contributed by atoms with Crippen molar-refractivity contribution >= 4 is 28.4 Å². The Balaban J connectivity index is 1.96. The lowest BCUT2D eigenvalue weighted by atomic mass is 10.1. The van der Waals surface area contributed by atoms with Crippen LogP contribution in [0, 0.1) is 9.49 Å². The molecule has 1 aliphatic rings. The molecule has 2 rings (SSSR count). The second-order valence-electron chi connectivity index (χ2n) is 5.00. The summed E-state index contributed by atoms with van der Waals surface area (Å²) in [7, 11) is 0. The van der Waals surface area contributed by atoms with E-state index >= 15 is 0 Å². The number of anilines is 1. The summed E-state index contributed by atoms with van der Waals surface area (Å²) in [6, 6.07) is 0. The van der Waals surface area contributed by atoms with Crippen LogP contribution in [-0.2, 0) is 0 Å². The Hall–Kier alpha value is -0.670. The van der Waals surface area contributed by atoms with Crippen molar-refractivity contribution < 1.29 is 0 Å². The molecule has 1 aliphatic heterocycles. The topological polar surface area (TPSA) is 78.2 Å². The van der Waals surface area contributed by atoms with E-state index in [-0.39, 0.29) is 5.56 Å². The Morgan fingerprint density at radius 2 is 2.16 bits per heavy atom. The number of hydrogen-bond donors (Lipinski definition) is 2. The number of rotatable bonds is 4. The zero-order valence-electron chi connectivity index (χ0n) is 11.1. The van der Waals surface area contributed by atoms with Crippen molar-refractivity contribution in [2.75, 3.05) is 44.2 Å². The molecule has 106 valence electrons. The Labute approximate surface area is 126 Å². The number of nitrogens with one attached hydrogen (secondary N) is 1. The zero-order valence-corrected chi connectivity index (χ0v) is 13.3. The molecule has 2 heterocycles. The highest BCUT2D eigenvalue weighted by atomic mass is 127. The largest absolute Gasteiger partial charge is 0.353 e. The minimum atomic E-state index is -0.0650.